The highest BCUT2D eigenvalue weighted by atomic mass is 32.2. The number of nitrogens with zero attached hydrogens (tertiary/aromatic N) is 1. The molecule has 1 aromatic heterocycles. The fourth-order valence-electron chi connectivity index (χ4n) is 2.25. The lowest BCUT2D eigenvalue weighted by atomic mass is 10.1. The molecule has 0 fully saturated rings. The largest absolute Gasteiger partial charge is 0.342 e. The molecule has 5 nitrogen and oxygen atoms in total. The summed E-state index contributed by atoms with van der Waals surface area (Å²) in [5.74, 6) is 0.811. The highest BCUT2D eigenvalue weighted by Crippen LogP contribution is 2.23. The Morgan fingerprint density at radius 3 is 2.43 bits per heavy atom. The lowest BCUT2D eigenvalue weighted by Crippen LogP contribution is -2.12. The van der Waals surface area contributed by atoms with Gasteiger partial charge in [-0.2, -0.15) is 0 Å². The molecule has 0 bridgehead atoms. The molecular weight excluding hydrogens is 310 g/mol. The van der Waals surface area contributed by atoms with Crippen LogP contribution in [0.4, 0.5) is 5.69 Å². The first-order chi connectivity index (χ1) is 10.9. The molecule has 23 heavy (non-hydrogen) atoms. The average Bonchev–Trinajstić information content (AvgIpc) is 2.94. The monoisotopic (exact) mass is 327 g/mol. The van der Waals surface area contributed by atoms with Crippen LogP contribution in [0.2, 0.25) is 0 Å². The summed E-state index contributed by atoms with van der Waals surface area (Å²) in [6, 6.07) is 13.9. The molecule has 0 saturated carbocycles. The molecule has 3 aromatic rings. The minimum Gasteiger partial charge on any atom is -0.342 e. The number of hydrogen-bond donors (Lipinski definition) is 2. The summed E-state index contributed by atoms with van der Waals surface area (Å²) in [5.41, 5.74) is 3.24. The molecule has 0 aliphatic carbocycles. The first-order valence-electron chi connectivity index (χ1n) is 7.15. The van der Waals surface area contributed by atoms with Crippen molar-refractivity contribution in [1.82, 2.24) is 9.97 Å². The second kappa shape index (κ2) is 5.89. The van der Waals surface area contributed by atoms with Gasteiger partial charge in [-0.25, -0.2) is 13.4 Å². The fraction of sp³-hybridized carbons (Fsp3) is 0.118. The maximum atomic E-state index is 12.4. The Balaban J connectivity index is 1.89. The molecule has 6 heteroatoms. The van der Waals surface area contributed by atoms with Crippen LogP contribution in [0.3, 0.4) is 0 Å². The third kappa shape index (κ3) is 3.43. The van der Waals surface area contributed by atoms with Gasteiger partial charge >= 0.3 is 0 Å². The van der Waals surface area contributed by atoms with Crippen LogP contribution in [0.15, 0.2) is 59.6 Å². The SMILES string of the molecule is Cc1ccc(S(=O)(=O)Nc2cccc(-c3cnc(C)[nH]3)c2)cc1. The lowest BCUT2D eigenvalue weighted by Gasteiger charge is -2.09. The van der Waals surface area contributed by atoms with Crippen molar-refractivity contribution >= 4 is 15.7 Å². The van der Waals surface area contributed by atoms with Gasteiger partial charge in [0, 0.05) is 11.3 Å². The molecule has 0 unspecified atom stereocenters. The molecule has 0 aliphatic rings. The normalized spacial score (nSPS) is 11.4. The van der Waals surface area contributed by atoms with Crippen LogP contribution in [0.5, 0.6) is 0 Å². The molecule has 2 N–H and O–H groups in total. The van der Waals surface area contributed by atoms with E-state index in [0.29, 0.717) is 5.69 Å². The summed E-state index contributed by atoms with van der Waals surface area (Å²) in [5, 5.41) is 0. The van der Waals surface area contributed by atoms with Crippen LogP contribution in [-0.2, 0) is 10.0 Å². The van der Waals surface area contributed by atoms with Crippen molar-refractivity contribution in [1.29, 1.82) is 0 Å². The highest BCUT2D eigenvalue weighted by Gasteiger charge is 2.14. The summed E-state index contributed by atoms with van der Waals surface area (Å²) in [6.45, 7) is 3.78. The number of benzene rings is 2. The predicted molar refractivity (Wildman–Crippen MR) is 90.7 cm³/mol. The fourth-order valence-corrected chi connectivity index (χ4v) is 3.30. The van der Waals surface area contributed by atoms with Gasteiger partial charge in [0.2, 0.25) is 0 Å². The standard InChI is InChI=1S/C17H17N3O2S/c1-12-6-8-16(9-7-12)23(21,22)20-15-5-3-4-14(10-15)17-11-18-13(2)19-17/h3-11,20H,1-2H3,(H,18,19). The number of aromatic amines is 1. The van der Waals surface area contributed by atoms with Crippen LogP contribution in [0, 0.1) is 13.8 Å². The van der Waals surface area contributed by atoms with E-state index in [1.54, 1.807) is 48.7 Å². The maximum Gasteiger partial charge on any atom is 0.261 e. The van der Waals surface area contributed by atoms with E-state index in [0.717, 1.165) is 22.6 Å². The van der Waals surface area contributed by atoms with Gasteiger partial charge in [-0.15, -0.1) is 0 Å². The number of anilines is 1. The van der Waals surface area contributed by atoms with Crippen LogP contribution < -0.4 is 4.72 Å². The molecule has 3 rings (SSSR count). The minimum atomic E-state index is -3.60. The number of rotatable bonds is 4. The van der Waals surface area contributed by atoms with Crippen molar-refractivity contribution in [2.75, 3.05) is 4.72 Å². The van der Waals surface area contributed by atoms with Crippen LogP contribution in [-0.4, -0.2) is 18.4 Å². The Kier molecular flexibility index (Phi) is 3.92. The van der Waals surface area contributed by atoms with E-state index >= 15 is 0 Å². The number of sulfonamides is 1. The number of aryl methyl sites for hydroxylation is 2. The minimum absolute atomic E-state index is 0.242. The predicted octanol–water partition coefficient (Wildman–Crippen LogP) is 3.49. The molecular formula is C17H17N3O2S. The zero-order valence-electron chi connectivity index (χ0n) is 12.9. The summed E-state index contributed by atoms with van der Waals surface area (Å²) in [7, 11) is -3.60. The lowest BCUT2D eigenvalue weighted by molar-refractivity contribution is 0.601. The molecule has 0 saturated heterocycles. The van der Waals surface area contributed by atoms with Crippen LogP contribution in [0.25, 0.3) is 11.3 Å². The Labute approximate surface area is 135 Å². The van der Waals surface area contributed by atoms with E-state index < -0.39 is 10.0 Å². The first kappa shape index (κ1) is 15.3. The number of hydrogen-bond acceptors (Lipinski definition) is 3. The Bertz CT molecular complexity index is 928. The molecule has 118 valence electrons. The zero-order valence-corrected chi connectivity index (χ0v) is 13.7. The van der Waals surface area contributed by atoms with E-state index in [-0.39, 0.29) is 4.90 Å². The topological polar surface area (TPSA) is 74.8 Å². The molecule has 0 spiro atoms. The van der Waals surface area contributed by atoms with E-state index in [9.17, 15) is 8.42 Å². The van der Waals surface area contributed by atoms with Crippen LogP contribution >= 0.6 is 0 Å². The molecule has 1 heterocycles. The summed E-state index contributed by atoms with van der Waals surface area (Å²) in [6.07, 6.45) is 1.73. The number of H-pyrrole nitrogens is 1. The summed E-state index contributed by atoms with van der Waals surface area (Å²) >= 11 is 0. The second-order valence-electron chi connectivity index (χ2n) is 5.38. The molecule has 0 aliphatic heterocycles. The highest BCUT2D eigenvalue weighted by molar-refractivity contribution is 7.92. The van der Waals surface area contributed by atoms with Gasteiger partial charge in [0.25, 0.3) is 10.0 Å². The quantitative estimate of drug-likeness (QED) is 0.770. The van der Waals surface area contributed by atoms with Crippen molar-refractivity contribution in [3.05, 3.63) is 66.1 Å². The molecule has 2 aromatic carbocycles. The van der Waals surface area contributed by atoms with E-state index in [4.69, 9.17) is 0 Å². The zero-order chi connectivity index (χ0) is 16.4. The Morgan fingerprint density at radius 2 is 1.78 bits per heavy atom. The van der Waals surface area contributed by atoms with E-state index in [1.165, 1.54) is 0 Å². The molecule has 0 amide bonds. The van der Waals surface area contributed by atoms with Crippen LogP contribution in [0.1, 0.15) is 11.4 Å². The Hall–Kier alpha value is -2.60. The van der Waals surface area contributed by atoms with Gasteiger partial charge in [-0.3, -0.25) is 4.72 Å². The van der Waals surface area contributed by atoms with E-state index in [1.807, 2.05) is 19.9 Å². The van der Waals surface area contributed by atoms with Gasteiger partial charge in [-0.05, 0) is 38.1 Å². The summed E-state index contributed by atoms with van der Waals surface area (Å²) < 4.78 is 27.5. The van der Waals surface area contributed by atoms with Gasteiger partial charge in [0.1, 0.15) is 5.82 Å². The molecule has 0 radical (unpaired) electrons. The third-order valence-corrected chi connectivity index (χ3v) is 4.86. The maximum absolute atomic E-state index is 12.4. The third-order valence-electron chi connectivity index (χ3n) is 3.46. The number of aromatic nitrogens is 2. The average molecular weight is 327 g/mol. The number of imidazole rings is 1. The van der Waals surface area contributed by atoms with Gasteiger partial charge in [-0.1, -0.05) is 29.8 Å². The van der Waals surface area contributed by atoms with Crippen molar-refractivity contribution in [2.45, 2.75) is 18.7 Å². The second-order valence-corrected chi connectivity index (χ2v) is 7.06. The van der Waals surface area contributed by atoms with Crippen molar-refractivity contribution in [3.63, 3.8) is 0 Å². The summed E-state index contributed by atoms with van der Waals surface area (Å²) in [4.78, 5) is 7.53. The van der Waals surface area contributed by atoms with Crippen molar-refractivity contribution < 1.29 is 8.42 Å². The van der Waals surface area contributed by atoms with E-state index in [2.05, 4.69) is 14.7 Å². The van der Waals surface area contributed by atoms with Crippen molar-refractivity contribution in [3.8, 4) is 11.3 Å². The Morgan fingerprint density at radius 1 is 1.04 bits per heavy atom. The first-order valence-corrected chi connectivity index (χ1v) is 8.64. The van der Waals surface area contributed by atoms with Gasteiger partial charge in [0.15, 0.2) is 0 Å². The molecule has 0 atom stereocenters. The number of nitrogens with one attached hydrogen (secondary N) is 2. The smallest absolute Gasteiger partial charge is 0.261 e. The van der Waals surface area contributed by atoms with Gasteiger partial charge in [0.05, 0.1) is 16.8 Å². The van der Waals surface area contributed by atoms with Gasteiger partial charge < -0.3 is 4.98 Å². The van der Waals surface area contributed by atoms with Crippen molar-refractivity contribution in [2.24, 2.45) is 0 Å².